The normalized spacial score (nSPS) is 25.6. The summed E-state index contributed by atoms with van der Waals surface area (Å²) in [5.41, 5.74) is 0. The van der Waals surface area contributed by atoms with Gasteiger partial charge in [-0.05, 0) is 42.7 Å². The number of benzene rings is 1. The maximum absolute atomic E-state index is 12.1. The highest BCUT2D eigenvalue weighted by atomic mass is 16.6. The second kappa shape index (κ2) is 6.83. The molecule has 4 heteroatoms. The molecule has 1 aromatic carbocycles. The molecule has 1 amide bonds. The predicted molar refractivity (Wildman–Crippen MR) is 82.4 cm³/mol. The minimum atomic E-state index is -0.485. The number of hydrogen-bond acceptors (Lipinski definition) is 3. The first-order valence-electron chi connectivity index (χ1n) is 7.73. The first-order valence-corrected chi connectivity index (χ1v) is 7.73. The van der Waals surface area contributed by atoms with Gasteiger partial charge in [0.2, 0.25) is 0 Å². The molecule has 116 valence electrons. The molecule has 2 N–H and O–H groups in total. The van der Waals surface area contributed by atoms with Gasteiger partial charge in [-0.25, -0.2) is 4.79 Å². The zero-order chi connectivity index (χ0) is 15.4. The number of aromatic hydroxyl groups is 1. The second-order valence-electron chi connectivity index (χ2n) is 6.43. The van der Waals surface area contributed by atoms with Crippen molar-refractivity contribution in [3.63, 3.8) is 0 Å². The molecule has 0 spiro atoms. The van der Waals surface area contributed by atoms with Gasteiger partial charge >= 0.3 is 6.09 Å². The van der Waals surface area contributed by atoms with Crippen molar-refractivity contribution in [1.82, 2.24) is 5.32 Å². The fraction of sp³-hybridized carbons (Fsp3) is 0.588. The highest BCUT2D eigenvalue weighted by Crippen LogP contribution is 2.33. The average molecular weight is 291 g/mol. The fourth-order valence-electron chi connectivity index (χ4n) is 3.19. The van der Waals surface area contributed by atoms with Gasteiger partial charge in [-0.3, -0.25) is 0 Å². The number of carbonyl (C=O) groups excluding carboxylic acids is 1. The summed E-state index contributed by atoms with van der Waals surface area (Å²) in [5.74, 6) is 1.81. The third-order valence-electron chi connectivity index (χ3n) is 4.39. The number of rotatable bonds is 3. The lowest BCUT2D eigenvalue weighted by Crippen LogP contribution is -2.46. The zero-order valence-electron chi connectivity index (χ0n) is 13.0. The molecule has 0 saturated heterocycles. The van der Waals surface area contributed by atoms with Crippen molar-refractivity contribution in [2.45, 2.75) is 46.1 Å². The minimum Gasteiger partial charge on any atom is -0.504 e. The summed E-state index contributed by atoms with van der Waals surface area (Å²) in [6.45, 7) is 6.62. The van der Waals surface area contributed by atoms with Crippen LogP contribution in [-0.2, 0) is 0 Å². The van der Waals surface area contributed by atoms with Gasteiger partial charge in [0.15, 0.2) is 11.5 Å². The van der Waals surface area contributed by atoms with E-state index in [4.69, 9.17) is 4.74 Å². The van der Waals surface area contributed by atoms with Crippen molar-refractivity contribution < 1.29 is 14.6 Å². The molecule has 21 heavy (non-hydrogen) atoms. The number of para-hydroxylation sites is 2. The van der Waals surface area contributed by atoms with E-state index < -0.39 is 6.09 Å². The SMILES string of the molecule is CC1CCC(C(C)C)C(NC(=O)Oc2ccccc2O)C1. The Kier molecular flexibility index (Phi) is 5.10. The van der Waals surface area contributed by atoms with E-state index in [-0.39, 0.29) is 17.5 Å². The standard InChI is InChI=1S/C17H25NO3/c1-11(2)13-9-8-12(3)10-14(13)18-17(20)21-16-7-5-4-6-15(16)19/h4-7,11-14,19H,8-10H2,1-3H3,(H,18,20). The summed E-state index contributed by atoms with van der Waals surface area (Å²) in [7, 11) is 0. The number of carbonyl (C=O) groups is 1. The van der Waals surface area contributed by atoms with E-state index in [1.807, 2.05) is 0 Å². The molecule has 0 heterocycles. The van der Waals surface area contributed by atoms with Crippen LogP contribution in [0.1, 0.15) is 40.0 Å². The Bertz CT molecular complexity index is 487. The lowest BCUT2D eigenvalue weighted by Gasteiger charge is -2.37. The van der Waals surface area contributed by atoms with E-state index in [0.29, 0.717) is 17.8 Å². The van der Waals surface area contributed by atoms with Gasteiger partial charge in [0.25, 0.3) is 0 Å². The third kappa shape index (κ3) is 4.13. The van der Waals surface area contributed by atoms with Crippen LogP contribution >= 0.6 is 0 Å². The lowest BCUT2D eigenvalue weighted by molar-refractivity contribution is 0.150. The zero-order valence-corrected chi connectivity index (χ0v) is 13.0. The van der Waals surface area contributed by atoms with E-state index in [9.17, 15) is 9.90 Å². The number of amides is 1. The Hall–Kier alpha value is -1.71. The molecule has 0 bridgehead atoms. The number of nitrogens with one attached hydrogen (secondary N) is 1. The van der Waals surface area contributed by atoms with Crippen LogP contribution < -0.4 is 10.1 Å². The Morgan fingerprint density at radius 2 is 2.05 bits per heavy atom. The monoisotopic (exact) mass is 291 g/mol. The highest BCUT2D eigenvalue weighted by molar-refractivity contribution is 5.71. The van der Waals surface area contributed by atoms with Gasteiger partial charge in [0.1, 0.15) is 0 Å². The maximum atomic E-state index is 12.1. The summed E-state index contributed by atoms with van der Waals surface area (Å²) >= 11 is 0. The Balaban J connectivity index is 1.98. The largest absolute Gasteiger partial charge is 0.504 e. The molecule has 0 radical (unpaired) electrons. The molecule has 1 saturated carbocycles. The second-order valence-corrected chi connectivity index (χ2v) is 6.43. The molecule has 1 aliphatic rings. The van der Waals surface area contributed by atoms with Crippen LogP contribution in [-0.4, -0.2) is 17.2 Å². The van der Waals surface area contributed by atoms with E-state index in [1.54, 1.807) is 18.2 Å². The topological polar surface area (TPSA) is 58.6 Å². The molecular weight excluding hydrogens is 266 g/mol. The number of ether oxygens (including phenoxy) is 1. The Morgan fingerprint density at radius 1 is 1.33 bits per heavy atom. The van der Waals surface area contributed by atoms with E-state index in [0.717, 1.165) is 12.8 Å². The number of phenolic OH excluding ortho intramolecular Hbond substituents is 1. The summed E-state index contributed by atoms with van der Waals surface area (Å²) < 4.78 is 5.21. The Labute approximate surface area is 126 Å². The summed E-state index contributed by atoms with van der Waals surface area (Å²) in [6, 6.07) is 6.65. The molecule has 3 atom stereocenters. The van der Waals surface area contributed by atoms with Gasteiger partial charge in [-0.2, -0.15) is 0 Å². The molecule has 1 aliphatic carbocycles. The molecule has 0 aliphatic heterocycles. The lowest BCUT2D eigenvalue weighted by atomic mass is 9.74. The predicted octanol–water partition coefficient (Wildman–Crippen LogP) is 3.94. The van der Waals surface area contributed by atoms with Crippen molar-refractivity contribution in [3.05, 3.63) is 24.3 Å². The number of hydrogen-bond donors (Lipinski definition) is 2. The van der Waals surface area contributed by atoms with Crippen molar-refractivity contribution in [2.75, 3.05) is 0 Å². The molecule has 1 fully saturated rings. The van der Waals surface area contributed by atoms with Crippen LogP contribution in [0, 0.1) is 17.8 Å². The van der Waals surface area contributed by atoms with Crippen molar-refractivity contribution in [3.8, 4) is 11.5 Å². The molecule has 2 rings (SSSR count). The fourth-order valence-corrected chi connectivity index (χ4v) is 3.19. The molecule has 3 unspecified atom stereocenters. The maximum Gasteiger partial charge on any atom is 0.412 e. The molecular formula is C17H25NO3. The summed E-state index contributed by atoms with van der Waals surface area (Å²) in [5, 5.41) is 12.6. The van der Waals surface area contributed by atoms with E-state index in [1.165, 1.54) is 12.5 Å². The number of phenols is 1. The van der Waals surface area contributed by atoms with Crippen molar-refractivity contribution in [2.24, 2.45) is 17.8 Å². The molecule has 4 nitrogen and oxygen atoms in total. The Morgan fingerprint density at radius 3 is 2.71 bits per heavy atom. The van der Waals surface area contributed by atoms with Gasteiger partial charge < -0.3 is 15.2 Å². The summed E-state index contributed by atoms with van der Waals surface area (Å²) in [4.78, 5) is 12.1. The van der Waals surface area contributed by atoms with Gasteiger partial charge in [0, 0.05) is 6.04 Å². The highest BCUT2D eigenvalue weighted by Gasteiger charge is 2.32. The smallest absolute Gasteiger partial charge is 0.412 e. The third-order valence-corrected chi connectivity index (χ3v) is 4.39. The molecule has 0 aromatic heterocycles. The van der Waals surface area contributed by atoms with Crippen LogP contribution in [0.4, 0.5) is 4.79 Å². The van der Waals surface area contributed by atoms with Crippen LogP contribution in [0.15, 0.2) is 24.3 Å². The van der Waals surface area contributed by atoms with Crippen LogP contribution in [0.2, 0.25) is 0 Å². The van der Waals surface area contributed by atoms with Crippen molar-refractivity contribution >= 4 is 6.09 Å². The van der Waals surface area contributed by atoms with Crippen LogP contribution in [0.3, 0.4) is 0 Å². The molecule has 1 aromatic rings. The first kappa shape index (κ1) is 15.7. The summed E-state index contributed by atoms with van der Waals surface area (Å²) in [6.07, 6.45) is 2.86. The average Bonchev–Trinajstić information content (AvgIpc) is 2.41. The van der Waals surface area contributed by atoms with E-state index in [2.05, 4.69) is 26.1 Å². The first-order chi connectivity index (χ1) is 9.97. The quantitative estimate of drug-likeness (QED) is 0.886. The van der Waals surface area contributed by atoms with Crippen LogP contribution in [0.5, 0.6) is 11.5 Å². The van der Waals surface area contributed by atoms with Gasteiger partial charge in [-0.1, -0.05) is 39.3 Å². The van der Waals surface area contributed by atoms with Gasteiger partial charge in [0.05, 0.1) is 0 Å². The van der Waals surface area contributed by atoms with Gasteiger partial charge in [-0.15, -0.1) is 0 Å². The van der Waals surface area contributed by atoms with E-state index >= 15 is 0 Å². The van der Waals surface area contributed by atoms with Crippen molar-refractivity contribution in [1.29, 1.82) is 0 Å². The van der Waals surface area contributed by atoms with Crippen LogP contribution in [0.25, 0.3) is 0 Å². The minimum absolute atomic E-state index is 0.0231.